The average molecular weight is 289 g/mol. The highest BCUT2D eigenvalue weighted by Gasteiger charge is 2.14. The van der Waals surface area contributed by atoms with Gasteiger partial charge in [-0.2, -0.15) is 0 Å². The monoisotopic (exact) mass is 289 g/mol. The quantitative estimate of drug-likeness (QED) is 0.920. The first-order chi connectivity index (χ1) is 9.50. The molecule has 0 aliphatic heterocycles. The summed E-state index contributed by atoms with van der Waals surface area (Å²) >= 11 is 0. The number of hydrogen-bond acceptors (Lipinski definition) is 3. The molecule has 2 rings (SSSR count). The lowest BCUT2D eigenvalue weighted by Crippen LogP contribution is -2.09. The summed E-state index contributed by atoms with van der Waals surface area (Å²) in [6, 6.07) is 15.0. The number of benzene rings is 2. The van der Waals surface area contributed by atoms with E-state index in [2.05, 4.69) is 0 Å². The highest BCUT2D eigenvalue weighted by Crippen LogP contribution is 2.16. The van der Waals surface area contributed by atoms with Gasteiger partial charge in [-0.15, -0.1) is 0 Å². The minimum absolute atomic E-state index is 0.0508. The van der Waals surface area contributed by atoms with E-state index in [1.54, 1.807) is 0 Å². The number of sulfone groups is 1. The lowest BCUT2D eigenvalue weighted by molar-refractivity contribution is 0.594. The van der Waals surface area contributed by atoms with Crippen LogP contribution in [0.15, 0.2) is 48.5 Å². The first-order valence-corrected chi connectivity index (χ1v) is 8.35. The Morgan fingerprint density at radius 2 is 1.65 bits per heavy atom. The Labute approximate surface area is 120 Å². The van der Waals surface area contributed by atoms with Crippen LogP contribution >= 0.6 is 0 Å². The van der Waals surface area contributed by atoms with Gasteiger partial charge in [-0.25, -0.2) is 8.42 Å². The SMILES string of the molecule is Cc1ccccc1CS(=O)(=O)Cc1cccc(CN)c1. The van der Waals surface area contributed by atoms with E-state index in [-0.39, 0.29) is 11.5 Å². The van der Waals surface area contributed by atoms with Crippen molar-refractivity contribution in [2.45, 2.75) is 25.0 Å². The maximum Gasteiger partial charge on any atom is 0.158 e. The fourth-order valence-corrected chi connectivity index (χ4v) is 3.75. The van der Waals surface area contributed by atoms with Gasteiger partial charge >= 0.3 is 0 Å². The molecule has 0 fully saturated rings. The second-order valence-electron chi connectivity index (χ2n) is 4.98. The van der Waals surface area contributed by atoms with Crippen LogP contribution in [-0.4, -0.2) is 8.42 Å². The molecule has 0 heterocycles. The number of rotatable bonds is 5. The van der Waals surface area contributed by atoms with Crippen molar-refractivity contribution >= 4 is 9.84 Å². The van der Waals surface area contributed by atoms with Gasteiger partial charge < -0.3 is 5.73 Å². The summed E-state index contributed by atoms with van der Waals surface area (Å²) in [5.74, 6) is 0.127. The van der Waals surface area contributed by atoms with Gasteiger partial charge in [0, 0.05) is 6.54 Å². The van der Waals surface area contributed by atoms with Crippen molar-refractivity contribution in [1.82, 2.24) is 0 Å². The van der Waals surface area contributed by atoms with Crippen LogP contribution in [0.2, 0.25) is 0 Å². The highest BCUT2D eigenvalue weighted by molar-refractivity contribution is 7.89. The molecule has 0 aliphatic rings. The van der Waals surface area contributed by atoms with Crippen LogP contribution in [0.5, 0.6) is 0 Å². The van der Waals surface area contributed by atoms with Gasteiger partial charge in [0.25, 0.3) is 0 Å². The molecule has 0 bridgehead atoms. The Kier molecular flexibility index (Phi) is 4.57. The van der Waals surface area contributed by atoms with E-state index in [9.17, 15) is 8.42 Å². The van der Waals surface area contributed by atoms with Gasteiger partial charge in [0.15, 0.2) is 9.84 Å². The molecule has 0 spiro atoms. The zero-order valence-corrected chi connectivity index (χ0v) is 12.4. The van der Waals surface area contributed by atoms with Gasteiger partial charge in [-0.3, -0.25) is 0 Å². The smallest absolute Gasteiger partial charge is 0.158 e. The maximum atomic E-state index is 12.3. The minimum Gasteiger partial charge on any atom is -0.326 e. The summed E-state index contributed by atoms with van der Waals surface area (Å²) in [6.45, 7) is 2.35. The van der Waals surface area contributed by atoms with Gasteiger partial charge in [-0.1, -0.05) is 48.5 Å². The summed E-state index contributed by atoms with van der Waals surface area (Å²) in [4.78, 5) is 0. The minimum atomic E-state index is -3.18. The average Bonchev–Trinajstić information content (AvgIpc) is 2.41. The first-order valence-electron chi connectivity index (χ1n) is 6.53. The molecule has 2 N–H and O–H groups in total. The molecule has 0 aliphatic carbocycles. The van der Waals surface area contributed by atoms with Crippen LogP contribution in [0.1, 0.15) is 22.3 Å². The highest BCUT2D eigenvalue weighted by atomic mass is 32.2. The van der Waals surface area contributed by atoms with E-state index < -0.39 is 9.84 Å². The fraction of sp³-hybridized carbons (Fsp3) is 0.250. The molecule has 0 aromatic heterocycles. The zero-order chi connectivity index (χ0) is 14.6. The molecule has 0 atom stereocenters. The zero-order valence-electron chi connectivity index (χ0n) is 11.5. The van der Waals surface area contributed by atoms with E-state index in [0.717, 1.165) is 22.3 Å². The molecule has 0 saturated heterocycles. The van der Waals surface area contributed by atoms with E-state index in [0.29, 0.717) is 6.54 Å². The van der Waals surface area contributed by atoms with Crippen LogP contribution in [0.3, 0.4) is 0 Å². The summed E-state index contributed by atoms with van der Waals surface area (Å²) in [6.07, 6.45) is 0. The van der Waals surface area contributed by atoms with Gasteiger partial charge in [0.2, 0.25) is 0 Å². The van der Waals surface area contributed by atoms with Crippen molar-refractivity contribution in [3.05, 3.63) is 70.8 Å². The largest absolute Gasteiger partial charge is 0.326 e. The Morgan fingerprint density at radius 1 is 0.950 bits per heavy atom. The predicted octanol–water partition coefficient (Wildman–Crippen LogP) is 2.57. The third-order valence-corrected chi connectivity index (χ3v) is 4.77. The topological polar surface area (TPSA) is 60.2 Å². The van der Waals surface area contributed by atoms with Crippen LogP contribution in [0.4, 0.5) is 0 Å². The number of aryl methyl sites for hydroxylation is 1. The molecular weight excluding hydrogens is 270 g/mol. The van der Waals surface area contributed by atoms with Crippen molar-refractivity contribution in [1.29, 1.82) is 0 Å². The molecule has 0 radical (unpaired) electrons. The molecule has 20 heavy (non-hydrogen) atoms. The molecule has 2 aromatic carbocycles. The Morgan fingerprint density at radius 3 is 2.35 bits per heavy atom. The molecule has 4 heteroatoms. The summed E-state index contributed by atoms with van der Waals surface area (Å²) in [5.41, 5.74) is 9.19. The molecular formula is C16H19NO2S. The van der Waals surface area contributed by atoms with Gasteiger partial charge in [-0.05, 0) is 29.2 Å². The van der Waals surface area contributed by atoms with E-state index in [1.165, 1.54) is 0 Å². The van der Waals surface area contributed by atoms with Crippen molar-refractivity contribution in [2.75, 3.05) is 0 Å². The molecule has 106 valence electrons. The Balaban J connectivity index is 2.17. The summed E-state index contributed by atoms with van der Waals surface area (Å²) in [5, 5.41) is 0. The van der Waals surface area contributed by atoms with Gasteiger partial charge in [0.1, 0.15) is 0 Å². The third kappa shape index (κ3) is 3.92. The predicted molar refractivity (Wildman–Crippen MR) is 81.8 cm³/mol. The molecule has 0 saturated carbocycles. The second kappa shape index (κ2) is 6.20. The van der Waals surface area contributed by atoms with Crippen molar-refractivity contribution in [3.63, 3.8) is 0 Å². The third-order valence-electron chi connectivity index (χ3n) is 3.25. The standard InChI is InChI=1S/C16H19NO2S/c1-13-5-2-3-8-16(13)12-20(18,19)11-15-7-4-6-14(9-15)10-17/h2-9H,10-12,17H2,1H3. The van der Waals surface area contributed by atoms with Crippen molar-refractivity contribution in [2.24, 2.45) is 5.73 Å². The van der Waals surface area contributed by atoms with E-state index in [1.807, 2.05) is 55.5 Å². The lowest BCUT2D eigenvalue weighted by Gasteiger charge is -2.08. The molecule has 0 amide bonds. The maximum absolute atomic E-state index is 12.3. The van der Waals surface area contributed by atoms with Crippen LogP contribution in [-0.2, 0) is 27.9 Å². The molecule has 3 nitrogen and oxygen atoms in total. The molecule has 2 aromatic rings. The first kappa shape index (κ1) is 14.8. The normalized spacial score (nSPS) is 11.5. The van der Waals surface area contributed by atoms with Crippen LogP contribution < -0.4 is 5.73 Å². The number of nitrogens with two attached hydrogens (primary N) is 1. The number of hydrogen-bond donors (Lipinski definition) is 1. The summed E-state index contributed by atoms with van der Waals surface area (Å²) in [7, 11) is -3.18. The fourth-order valence-electron chi connectivity index (χ4n) is 2.16. The van der Waals surface area contributed by atoms with Crippen LogP contribution in [0, 0.1) is 6.92 Å². The van der Waals surface area contributed by atoms with Crippen LogP contribution in [0.25, 0.3) is 0 Å². The van der Waals surface area contributed by atoms with E-state index >= 15 is 0 Å². The van der Waals surface area contributed by atoms with Crippen molar-refractivity contribution < 1.29 is 8.42 Å². The molecule has 0 unspecified atom stereocenters. The van der Waals surface area contributed by atoms with Crippen molar-refractivity contribution in [3.8, 4) is 0 Å². The Bertz CT molecular complexity index is 693. The second-order valence-corrected chi connectivity index (χ2v) is 7.05. The summed E-state index contributed by atoms with van der Waals surface area (Å²) < 4.78 is 24.6. The van der Waals surface area contributed by atoms with E-state index in [4.69, 9.17) is 5.73 Å². The Hall–Kier alpha value is -1.65. The lowest BCUT2D eigenvalue weighted by atomic mass is 10.1. The van der Waals surface area contributed by atoms with Gasteiger partial charge in [0.05, 0.1) is 11.5 Å².